The number of hydrogen-bond donors (Lipinski definition) is 1. The highest BCUT2D eigenvalue weighted by Crippen LogP contribution is 2.20. The third kappa shape index (κ3) is 3.10. The van der Waals surface area contributed by atoms with Crippen LogP contribution in [0.4, 0.5) is 0 Å². The van der Waals surface area contributed by atoms with Crippen molar-refractivity contribution < 1.29 is 9.90 Å². The summed E-state index contributed by atoms with van der Waals surface area (Å²) in [7, 11) is 0. The van der Waals surface area contributed by atoms with Crippen molar-refractivity contribution in [1.82, 2.24) is 0 Å². The highest BCUT2D eigenvalue weighted by atomic mass is 79.9. The molecule has 0 fully saturated rings. The van der Waals surface area contributed by atoms with Gasteiger partial charge in [-0.15, -0.1) is 0 Å². The summed E-state index contributed by atoms with van der Waals surface area (Å²) in [5.74, 6) is 3.26. The van der Waals surface area contributed by atoms with Gasteiger partial charge >= 0.3 is 5.97 Å². The third-order valence-corrected chi connectivity index (χ3v) is 2.04. The molecule has 0 aliphatic carbocycles. The summed E-state index contributed by atoms with van der Waals surface area (Å²) in [6, 6.07) is 5.06. The van der Waals surface area contributed by atoms with Crippen molar-refractivity contribution in [2.24, 2.45) is 0 Å². The first-order valence-electron chi connectivity index (χ1n) is 3.29. The fourth-order valence-electron chi connectivity index (χ4n) is 0.712. The van der Waals surface area contributed by atoms with E-state index < -0.39 is 5.97 Å². The Morgan fingerprint density at radius 1 is 1.54 bits per heavy atom. The molecule has 0 atom stereocenters. The number of aliphatic carboxylic acids is 1. The first kappa shape index (κ1) is 10.1. The van der Waals surface area contributed by atoms with Crippen LogP contribution in [0.25, 0.3) is 0 Å². The Balaban J connectivity index is 3.05. The van der Waals surface area contributed by atoms with Crippen molar-refractivity contribution in [2.75, 3.05) is 0 Å². The predicted molar refractivity (Wildman–Crippen MR) is 53.7 cm³/mol. The summed E-state index contributed by atoms with van der Waals surface area (Å²) >= 11 is 9.01. The minimum Gasteiger partial charge on any atom is -0.472 e. The SMILES string of the molecule is O=C(O)C#Cc1ccc(Br)cc1Cl. The number of carboxylic acids is 1. The van der Waals surface area contributed by atoms with E-state index in [-0.39, 0.29) is 0 Å². The molecule has 0 amide bonds. The van der Waals surface area contributed by atoms with Crippen LogP contribution >= 0.6 is 27.5 Å². The van der Waals surface area contributed by atoms with Gasteiger partial charge in [0.2, 0.25) is 0 Å². The lowest BCUT2D eigenvalue weighted by Crippen LogP contribution is -1.87. The van der Waals surface area contributed by atoms with E-state index in [0.29, 0.717) is 10.6 Å². The summed E-state index contributed by atoms with van der Waals surface area (Å²) in [5.41, 5.74) is 0.507. The molecule has 0 radical (unpaired) electrons. The molecule has 0 unspecified atom stereocenters. The maximum atomic E-state index is 10.1. The van der Waals surface area contributed by atoms with E-state index >= 15 is 0 Å². The van der Waals surface area contributed by atoms with Crippen LogP contribution in [0.15, 0.2) is 22.7 Å². The standard InChI is InChI=1S/C9H4BrClO2/c10-7-3-1-6(8(11)5-7)2-4-9(12)13/h1,3,5H,(H,12,13). The van der Waals surface area contributed by atoms with Gasteiger partial charge in [0.15, 0.2) is 0 Å². The number of hydrogen-bond acceptors (Lipinski definition) is 1. The van der Waals surface area contributed by atoms with Gasteiger partial charge in [0.1, 0.15) is 0 Å². The monoisotopic (exact) mass is 258 g/mol. The highest BCUT2D eigenvalue weighted by molar-refractivity contribution is 9.10. The minimum absolute atomic E-state index is 0.433. The van der Waals surface area contributed by atoms with Gasteiger partial charge in [0.25, 0.3) is 0 Å². The molecule has 1 aromatic carbocycles. The van der Waals surface area contributed by atoms with E-state index in [9.17, 15) is 4.79 Å². The van der Waals surface area contributed by atoms with Gasteiger partial charge in [0, 0.05) is 16.0 Å². The summed E-state index contributed by atoms with van der Waals surface area (Å²) in [6.07, 6.45) is 0. The zero-order valence-electron chi connectivity index (χ0n) is 6.34. The van der Waals surface area contributed by atoms with Crippen molar-refractivity contribution in [1.29, 1.82) is 0 Å². The van der Waals surface area contributed by atoms with Gasteiger partial charge in [-0.05, 0) is 18.2 Å². The van der Waals surface area contributed by atoms with Gasteiger partial charge < -0.3 is 5.11 Å². The summed E-state index contributed by atoms with van der Waals surface area (Å²) in [6.45, 7) is 0. The van der Waals surface area contributed by atoms with E-state index in [4.69, 9.17) is 16.7 Å². The minimum atomic E-state index is -1.17. The summed E-state index contributed by atoms with van der Waals surface area (Å²) in [4.78, 5) is 10.1. The van der Waals surface area contributed by atoms with Crippen LogP contribution in [0.1, 0.15) is 5.56 Å². The van der Waals surface area contributed by atoms with E-state index in [0.717, 1.165) is 4.47 Å². The Kier molecular flexibility index (Phi) is 3.35. The highest BCUT2D eigenvalue weighted by Gasteiger charge is 1.97. The molecule has 0 aliphatic rings. The van der Waals surface area contributed by atoms with Gasteiger partial charge in [-0.1, -0.05) is 33.5 Å². The van der Waals surface area contributed by atoms with Crippen molar-refractivity contribution in [3.05, 3.63) is 33.3 Å². The molecule has 0 saturated heterocycles. The molecular formula is C9H4BrClO2. The number of benzene rings is 1. The van der Waals surface area contributed by atoms with Crippen LogP contribution in [-0.4, -0.2) is 11.1 Å². The molecule has 0 heterocycles. The van der Waals surface area contributed by atoms with Gasteiger partial charge in [0.05, 0.1) is 5.02 Å². The second-order valence-corrected chi connectivity index (χ2v) is 3.50. The number of carbonyl (C=O) groups is 1. The molecule has 1 N–H and O–H groups in total. The Labute approximate surface area is 88.7 Å². The molecule has 0 aliphatic heterocycles. The maximum Gasteiger partial charge on any atom is 0.382 e. The quantitative estimate of drug-likeness (QED) is 0.727. The fraction of sp³-hybridized carbons (Fsp3) is 0. The van der Waals surface area contributed by atoms with Gasteiger partial charge in [-0.3, -0.25) is 0 Å². The first-order chi connectivity index (χ1) is 6.09. The maximum absolute atomic E-state index is 10.1. The first-order valence-corrected chi connectivity index (χ1v) is 4.46. The largest absolute Gasteiger partial charge is 0.472 e. The predicted octanol–water partition coefficient (Wildman–Crippen LogP) is 2.54. The molecule has 0 saturated carbocycles. The molecule has 13 heavy (non-hydrogen) atoms. The number of rotatable bonds is 0. The molecule has 4 heteroatoms. The lowest BCUT2D eigenvalue weighted by atomic mass is 10.2. The second-order valence-electron chi connectivity index (χ2n) is 2.18. The van der Waals surface area contributed by atoms with E-state index in [1.807, 2.05) is 5.92 Å². The van der Waals surface area contributed by atoms with Crippen LogP contribution in [0.5, 0.6) is 0 Å². The third-order valence-electron chi connectivity index (χ3n) is 1.24. The molecule has 2 nitrogen and oxygen atoms in total. The zero-order valence-corrected chi connectivity index (χ0v) is 8.69. The Morgan fingerprint density at radius 2 is 2.23 bits per heavy atom. The molecule has 0 bridgehead atoms. The second kappa shape index (κ2) is 4.31. The lowest BCUT2D eigenvalue weighted by molar-refractivity contribution is -0.130. The number of halogens is 2. The molecule has 0 aromatic heterocycles. The van der Waals surface area contributed by atoms with Crippen LogP contribution in [0.3, 0.4) is 0 Å². The summed E-state index contributed by atoms with van der Waals surface area (Å²) in [5, 5.41) is 8.73. The molecule has 66 valence electrons. The van der Waals surface area contributed by atoms with Crippen molar-refractivity contribution in [2.45, 2.75) is 0 Å². The normalized spacial score (nSPS) is 8.77. The fourth-order valence-corrected chi connectivity index (χ4v) is 1.43. The van der Waals surface area contributed by atoms with Crippen LogP contribution < -0.4 is 0 Å². The zero-order chi connectivity index (χ0) is 9.84. The van der Waals surface area contributed by atoms with E-state index in [1.165, 1.54) is 0 Å². The van der Waals surface area contributed by atoms with Crippen LogP contribution in [0.2, 0.25) is 5.02 Å². The molecule has 0 spiro atoms. The van der Waals surface area contributed by atoms with E-state index in [1.54, 1.807) is 18.2 Å². The van der Waals surface area contributed by atoms with Crippen LogP contribution in [-0.2, 0) is 4.79 Å². The Bertz CT molecular complexity index is 404. The van der Waals surface area contributed by atoms with E-state index in [2.05, 4.69) is 21.9 Å². The van der Waals surface area contributed by atoms with Crippen molar-refractivity contribution in [3.63, 3.8) is 0 Å². The molecule has 1 rings (SSSR count). The van der Waals surface area contributed by atoms with Crippen molar-refractivity contribution >= 4 is 33.5 Å². The van der Waals surface area contributed by atoms with Crippen molar-refractivity contribution in [3.8, 4) is 11.8 Å². The lowest BCUT2D eigenvalue weighted by Gasteiger charge is -1.94. The smallest absolute Gasteiger partial charge is 0.382 e. The topological polar surface area (TPSA) is 37.3 Å². The summed E-state index contributed by atoms with van der Waals surface area (Å²) < 4.78 is 0.832. The average Bonchev–Trinajstić information content (AvgIpc) is 2.02. The van der Waals surface area contributed by atoms with Gasteiger partial charge in [-0.25, -0.2) is 4.79 Å². The average molecular weight is 259 g/mol. The Morgan fingerprint density at radius 3 is 2.77 bits per heavy atom. The van der Waals surface area contributed by atoms with Crippen LogP contribution in [0, 0.1) is 11.8 Å². The Hall–Kier alpha value is -0.980. The number of carboxylic acid groups (broad SMARTS) is 1. The molecular weight excluding hydrogens is 255 g/mol. The van der Waals surface area contributed by atoms with Gasteiger partial charge in [-0.2, -0.15) is 0 Å². The molecule has 1 aromatic rings.